The van der Waals surface area contributed by atoms with Crippen molar-refractivity contribution in [3.8, 4) is 11.5 Å². The zero-order valence-electron chi connectivity index (χ0n) is 20.2. The minimum Gasteiger partial charge on any atom is -0.507 e. The van der Waals surface area contributed by atoms with Crippen LogP contribution in [-0.4, -0.2) is 67.5 Å². The molecule has 2 aromatic rings. The second kappa shape index (κ2) is 11.0. The Morgan fingerprint density at radius 1 is 1.15 bits per heavy atom. The number of carbonyl (C=O) groups is 2. The van der Waals surface area contributed by atoms with E-state index in [0.717, 1.165) is 17.7 Å². The van der Waals surface area contributed by atoms with Gasteiger partial charge in [-0.1, -0.05) is 24.8 Å². The number of nitrogens with zero attached hydrogens (tertiary/aromatic N) is 2. The van der Waals surface area contributed by atoms with E-state index in [-0.39, 0.29) is 11.3 Å². The molecule has 1 fully saturated rings. The molecular weight excluding hydrogens is 432 g/mol. The Bertz CT molecular complexity index is 1090. The van der Waals surface area contributed by atoms with Crippen LogP contribution in [0.15, 0.2) is 60.7 Å². The molecular formula is C27H32N2O5. The number of methoxy groups -OCH3 is 1. The lowest BCUT2D eigenvalue weighted by molar-refractivity contribution is -0.139. The van der Waals surface area contributed by atoms with E-state index in [1.165, 1.54) is 0 Å². The highest BCUT2D eigenvalue weighted by molar-refractivity contribution is 6.46. The Kier molecular flexibility index (Phi) is 8.12. The Morgan fingerprint density at radius 3 is 2.41 bits per heavy atom. The molecule has 1 unspecified atom stereocenters. The Hall–Kier alpha value is -3.58. The Labute approximate surface area is 200 Å². The van der Waals surface area contributed by atoms with Gasteiger partial charge in [-0.05, 0) is 75.4 Å². The molecule has 7 heteroatoms. The summed E-state index contributed by atoms with van der Waals surface area (Å²) in [6, 6.07) is 11.7. The highest BCUT2D eigenvalue weighted by Gasteiger charge is 2.45. The van der Waals surface area contributed by atoms with Gasteiger partial charge in [-0.25, -0.2) is 0 Å². The second-order valence-corrected chi connectivity index (χ2v) is 8.50. The van der Waals surface area contributed by atoms with E-state index >= 15 is 0 Å². The van der Waals surface area contributed by atoms with Gasteiger partial charge >= 0.3 is 0 Å². The van der Waals surface area contributed by atoms with Crippen molar-refractivity contribution in [3.05, 3.63) is 77.4 Å². The fourth-order valence-electron chi connectivity index (χ4n) is 4.09. The molecule has 1 amide bonds. The molecule has 1 aliphatic heterocycles. The van der Waals surface area contributed by atoms with E-state index in [4.69, 9.17) is 9.47 Å². The first-order chi connectivity index (χ1) is 16.3. The van der Waals surface area contributed by atoms with Gasteiger partial charge in [0.15, 0.2) is 0 Å². The van der Waals surface area contributed by atoms with Crippen molar-refractivity contribution in [2.45, 2.75) is 19.4 Å². The third-order valence-electron chi connectivity index (χ3n) is 5.80. The molecule has 1 heterocycles. The summed E-state index contributed by atoms with van der Waals surface area (Å²) in [5.74, 6) is -0.187. The Balaban J connectivity index is 2.08. The lowest BCUT2D eigenvalue weighted by Crippen LogP contribution is -2.32. The molecule has 7 nitrogen and oxygen atoms in total. The number of aryl methyl sites for hydroxylation is 1. The number of Topliss-reactive ketones (excluding diaryl/α,β-unsaturated/α-hetero) is 1. The minimum absolute atomic E-state index is 0.0860. The van der Waals surface area contributed by atoms with Crippen LogP contribution in [0.5, 0.6) is 11.5 Å². The average Bonchev–Trinajstić information content (AvgIpc) is 3.07. The maximum absolute atomic E-state index is 13.2. The van der Waals surface area contributed by atoms with Crippen LogP contribution in [0.4, 0.5) is 0 Å². The molecule has 0 radical (unpaired) electrons. The molecule has 0 aliphatic carbocycles. The molecule has 34 heavy (non-hydrogen) atoms. The van der Waals surface area contributed by atoms with Crippen LogP contribution in [-0.2, 0) is 9.59 Å². The predicted octanol–water partition coefficient (Wildman–Crippen LogP) is 3.94. The van der Waals surface area contributed by atoms with Crippen molar-refractivity contribution in [3.63, 3.8) is 0 Å². The van der Waals surface area contributed by atoms with E-state index in [2.05, 4.69) is 6.58 Å². The second-order valence-electron chi connectivity index (χ2n) is 8.50. The molecule has 0 saturated carbocycles. The van der Waals surface area contributed by atoms with Crippen LogP contribution in [0.2, 0.25) is 0 Å². The van der Waals surface area contributed by atoms with E-state index in [1.807, 2.05) is 38.1 Å². The standard InChI is InChI=1S/C27H32N2O5/c1-6-16-34-20-10-8-19(9-11-20)24-23(25(30)22-13-12-21(33-5)17-18(22)2)26(31)27(32)29(24)15-7-14-28(3)4/h6,8-13,17,24,30H,1,7,14-16H2,2-5H3/b25-23+. The molecule has 0 bridgehead atoms. The van der Waals surface area contributed by atoms with Crippen molar-refractivity contribution in [1.82, 2.24) is 9.80 Å². The van der Waals surface area contributed by atoms with Gasteiger partial charge in [-0.15, -0.1) is 0 Å². The first-order valence-corrected chi connectivity index (χ1v) is 11.2. The number of benzene rings is 2. The quantitative estimate of drug-likeness (QED) is 0.248. The van der Waals surface area contributed by atoms with Gasteiger partial charge in [0.05, 0.1) is 18.7 Å². The fourth-order valence-corrected chi connectivity index (χ4v) is 4.09. The number of ether oxygens (including phenoxy) is 2. The van der Waals surface area contributed by atoms with Gasteiger partial charge in [-0.3, -0.25) is 9.59 Å². The molecule has 0 spiro atoms. The van der Waals surface area contributed by atoms with Crippen LogP contribution in [0, 0.1) is 6.92 Å². The smallest absolute Gasteiger partial charge is 0.295 e. The molecule has 1 aliphatic rings. The van der Waals surface area contributed by atoms with E-state index in [9.17, 15) is 14.7 Å². The van der Waals surface area contributed by atoms with Crippen molar-refractivity contribution in [1.29, 1.82) is 0 Å². The number of amides is 1. The molecule has 0 aromatic heterocycles. The van der Waals surface area contributed by atoms with Crippen molar-refractivity contribution < 1.29 is 24.2 Å². The van der Waals surface area contributed by atoms with Crippen molar-refractivity contribution in [2.75, 3.05) is 40.9 Å². The normalized spacial score (nSPS) is 17.3. The number of likely N-dealkylation sites (tertiary alicyclic amines) is 1. The van der Waals surface area contributed by atoms with Gasteiger partial charge in [0.25, 0.3) is 11.7 Å². The highest BCUT2D eigenvalue weighted by atomic mass is 16.5. The van der Waals surface area contributed by atoms with Crippen LogP contribution in [0.3, 0.4) is 0 Å². The number of aliphatic hydroxyl groups excluding tert-OH is 1. The average molecular weight is 465 g/mol. The molecule has 180 valence electrons. The summed E-state index contributed by atoms with van der Waals surface area (Å²) in [6.45, 7) is 7.00. The van der Waals surface area contributed by atoms with Crippen LogP contribution in [0.25, 0.3) is 5.76 Å². The first kappa shape index (κ1) is 25.1. The largest absolute Gasteiger partial charge is 0.507 e. The summed E-state index contributed by atoms with van der Waals surface area (Å²) in [6.07, 6.45) is 2.35. The van der Waals surface area contributed by atoms with Gasteiger partial charge in [0, 0.05) is 12.1 Å². The molecule has 1 N–H and O–H groups in total. The summed E-state index contributed by atoms with van der Waals surface area (Å²) in [5.41, 5.74) is 2.04. The number of rotatable bonds is 10. The topological polar surface area (TPSA) is 79.3 Å². The Morgan fingerprint density at radius 2 is 1.82 bits per heavy atom. The number of aliphatic hydroxyl groups is 1. The molecule has 1 saturated heterocycles. The zero-order valence-corrected chi connectivity index (χ0v) is 20.2. The van der Waals surface area contributed by atoms with Crippen molar-refractivity contribution >= 4 is 17.4 Å². The van der Waals surface area contributed by atoms with Crippen LogP contribution in [0.1, 0.15) is 29.2 Å². The summed E-state index contributed by atoms with van der Waals surface area (Å²) >= 11 is 0. The maximum atomic E-state index is 13.2. The van der Waals surface area contributed by atoms with Crippen LogP contribution < -0.4 is 9.47 Å². The molecule has 3 rings (SSSR count). The highest BCUT2D eigenvalue weighted by Crippen LogP contribution is 2.40. The van der Waals surface area contributed by atoms with Crippen LogP contribution >= 0.6 is 0 Å². The monoisotopic (exact) mass is 464 g/mol. The lowest BCUT2D eigenvalue weighted by atomic mass is 9.93. The SMILES string of the molecule is C=CCOc1ccc(C2/C(=C(\O)c3ccc(OC)cc3C)C(=O)C(=O)N2CCCN(C)C)cc1. The fraction of sp³-hybridized carbons (Fsp3) is 0.333. The van der Waals surface area contributed by atoms with Crippen molar-refractivity contribution in [2.24, 2.45) is 0 Å². The number of hydrogen-bond acceptors (Lipinski definition) is 6. The minimum atomic E-state index is -0.697. The number of carbonyl (C=O) groups excluding carboxylic acids is 2. The molecule has 1 atom stereocenters. The van der Waals surface area contributed by atoms with E-state index < -0.39 is 17.7 Å². The summed E-state index contributed by atoms with van der Waals surface area (Å²) in [7, 11) is 5.48. The lowest BCUT2D eigenvalue weighted by Gasteiger charge is -2.26. The summed E-state index contributed by atoms with van der Waals surface area (Å²) < 4.78 is 10.8. The van der Waals surface area contributed by atoms with Gasteiger partial charge < -0.3 is 24.4 Å². The first-order valence-electron chi connectivity index (χ1n) is 11.2. The van der Waals surface area contributed by atoms with E-state index in [0.29, 0.717) is 36.6 Å². The molecule has 2 aromatic carbocycles. The number of hydrogen-bond donors (Lipinski definition) is 1. The van der Waals surface area contributed by atoms with Gasteiger partial charge in [-0.2, -0.15) is 0 Å². The predicted molar refractivity (Wildman–Crippen MR) is 132 cm³/mol. The van der Waals surface area contributed by atoms with Gasteiger partial charge in [0.1, 0.15) is 23.9 Å². The third kappa shape index (κ3) is 5.31. The maximum Gasteiger partial charge on any atom is 0.295 e. The summed E-state index contributed by atoms with van der Waals surface area (Å²) in [4.78, 5) is 29.8. The van der Waals surface area contributed by atoms with Gasteiger partial charge in [0.2, 0.25) is 0 Å². The summed E-state index contributed by atoms with van der Waals surface area (Å²) in [5, 5.41) is 11.3. The third-order valence-corrected chi connectivity index (χ3v) is 5.80. The zero-order chi connectivity index (χ0) is 24.8. The number of ketones is 1. The van der Waals surface area contributed by atoms with E-state index in [1.54, 1.807) is 48.4 Å².